The van der Waals surface area contributed by atoms with Crippen molar-refractivity contribution in [1.82, 2.24) is 10.9 Å². The molecule has 0 spiro atoms. The SMILES string of the molecule is [N-]=[N+]=NCc1ccccc1C[C@]1(C(=O)NNCc2ccc(F)cc2)N=C(c2ccc(OCCCO)cc2)O[C@H]1c1ccccc1CN=[N+]=[N-]. The predicted octanol–water partition coefficient (Wildman–Crippen LogP) is 6.53. The summed E-state index contributed by atoms with van der Waals surface area (Å²) in [7, 11) is 0. The van der Waals surface area contributed by atoms with Gasteiger partial charge < -0.3 is 14.6 Å². The van der Waals surface area contributed by atoms with Crippen LogP contribution in [-0.2, 0) is 35.6 Å². The van der Waals surface area contributed by atoms with Gasteiger partial charge in [-0.05, 0) is 75.3 Å². The smallest absolute Gasteiger partial charge is 0.266 e. The number of aliphatic hydroxyl groups excluding tert-OH is 1. The normalized spacial score (nSPS) is 16.4. The van der Waals surface area contributed by atoms with Crippen LogP contribution in [0.5, 0.6) is 5.75 Å². The molecule has 4 aromatic carbocycles. The highest BCUT2D eigenvalue weighted by molar-refractivity contribution is 6.01. The van der Waals surface area contributed by atoms with Crippen LogP contribution < -0.4 is 15.6 Å². The Balaban J connectivity index is 1.60. The molecule has 2 atom stereocenters. The number of amides is 1. The number of aliphatic imine (C=N–C) groups is 1. The minimum atomic E-state index is -1.62. The monoisotopic (exact) mass is 663 g/mol. The lowest BCUT2D eigenvalue weighted by Gasteiger charge is -2.32. The first-order valence-electron chi connectivity index (χ1n) is 15.5. The van der Waals surface area contributed by atoms with Gasteiger partial charge in [-0.2, -0.15) is 0 Å². The number of benzene rings is 4. The molecule has 0 unspecified atom stereocenters. The average Bonchev–Trinajstić information content (AvgIpc) is 3.51. The van der Waals surface area contributed by atoms with Crippen molar-refractivity contribution in [3.8, 4) is 5.75 Å². The zero-order valence-electron chi connectivity index (χ0n) is 26.4. The summed E-state index contributed by atoms with van der Waals surface area (Å²) < 4.78 is 25.8. The second-order valence-electron chi connectivity index (χ2n) is 11.1. The fourth-order valence-electron chi connectivity index (χ4n) is 5.52. The lowest BCUT2D eigenvalue weighted by Crippen LogP contribution is -2.54. The molecule has 0 fully saturated rings. The molecular weight excluding hydrogens is 629 g/mol. The van der Waals surface area contributed by atoms with Gasteiger partial charge in [-0.25, -0.2) is 14.8 Å². The van der Waals surface area contributed by atoms with Crippen molar-refractivity contribution in [2.45, 2.75) is 44.1 Å². The van der Waals surface area contributed by atoms with E-state index in [2.05, 4.69) is 30.9 Å². The molecule has 1 amide bonds. The molecule has 13 nitrogen and oxygen atoms in total. The highest BCUT2D eigenvalue weighted by atomic mass is 19.1. The van der Waals surface area contributed by atoms with E-state index >= 15 is 0 Å². The second kappa shape index (κ2) is 16.8. The van der Waals surface area contributed by atoms with Gasteiger partial charge in [0.2, 0.25) is 5.90 Å². The number of rotatable bonds is 16. The minimum absolute atomic E-state index is 0.00965. The van der Waals surface area contributed by atoms with Gasteiger partial charge >= 0.3 is 0 Å². The molecule has 250 valence electrons. The Bertz CT molecular complexity index is 1870. The summed E-state index contributed by atoms with van der Waals surface area (Å²) in [5.41, 5.74) is 26.3. The molecule has 0 aromatic heterocycles. The summed E-state index contributed by atoms with van der Waals surface area (Å²) in [5.74, 6) is -0.0985. The molecule has 0 radical (unpaired) electrons. The molecule has 49 heavy (non-hydrogen) atoms. The number of aliphatic hydroxyl groups is 1. The van der Waals surface area contributed by atoms with E-state index in [1.165, 1.54) is 12.1 Å². The van der Waals surface area contributed by atoms with E-state index in [9.17, 15) is 9.18 Å². The number of carbonyl (C=O) groups is 1. The summed E-state index contributed by atoms with van der Waals surface area (Å²) in [5, 5.41) is 16.6. The van der Waals surface area contributed by atoms with E-state index < -0.39 is 17.6 Å². The maximum absolute atomic E-state index is 14.6. The van der Waals surface area contributed by atoms with E-state index in [0.717, 1.165) is 5.56 Å². The lowest BCUT2D eigenvalue weighted by molar-refractivity contribution is -0.130. The molecular formula is C35H34FN9O4. The van der Waals surface area contributed by atoms with Crippen LogP contribution in [0.2, 0.25) is 0 Å². The molecule has 14 heteroatoms. The molecule has 0 saturated carbocycles. The van der Waals surface area contributed by atoms with Crippen molar-refractivity contribution < 1.29 is 23.8 Å². The van der Waals surface area contributed by atoms with Crippen LogP contribution in [0.1, 0.15) is 45.9 Å². The first-order valence-corrected chi connectivity index (χ1v) is 15.5. The van der Waals surface area contributed by atoms with Gasteiger partial charge in [-0.15, -0.1) is 0 Å². The van der Waals surface area contributed by atoms with E-state index in [0.29, 0.717) is 46.6 Å². The summed E-state index contributed by atoms with van der Waals surface area (Å²) in [6.45, 7) is 0.625. The molecule has 0 aliphatic carbocycles. The number of nitrogens with zero attached hydrogens (tertiary/aromatic N) is 7. The second-order valence-corrected chi connectivity index (χ2v) is 11.1. The van der Waals surface area contributed by atoms with Gasteiger partial charge in [0, 0.05) is 41.4 Å². The Morgan fingerprint density at radius 1 is 0.918 bits per heavy atom. The molecule has 0 saturated heterocycles. The van der Waals surface area contributed by atoms with Crippen molar-refractivity contribution in [2.75, 3.05) is 13.2 Å². The lowest BCUT2D eigenvalue weighted by atomic mass is 9.80. The van der Waals surface area contributed by atoms with Gasteiger partial charge in [0.1, 0.15) is 11.6 Å². The third-order valence-corrected chi connectivity index (χ3v) is 7.96. The number of azide groups is 2. The number of hydrazine groups is 1. The van der Waals surface area contributed by atoms with E-state index in [-0.39, 0.29) is 44.4 Å². The van der Waals surface area contributed by atoms with Gasteiger partial charge in [0.15, 0.2) is 11.6 Å². The Labute approximate surface area is 281 Å². The van der Waals surface area contributed by atoms with Crippen molar-refractivity contribution in [3.63, 3.8) is 0 Å². The summed E-state index contributed by atoms with van der Waals surface area (Å²) >= 11 is 0. The van der Waals surface area contributed by atoms with Gasteiger partial charge in [-0.3, -0.25) is 10.2 Å². The van der Waals surface area contributed by atoms with Crippen LogP contribution in [0.15, 0.2) is 112 Å². The number of nitrogens with one attached hydrogen (secondary N) is 2. The predicted molar refractivity (Wildman–Crippen MR) is 180 cm³/mol. The van der Waals surface area contributed by atoms with Gasteiger partial charge in [-0.1, -0.05) is 70.9 Å². The Morgan fingerprint density at radius 2 is 1.57 bits per heavy atom. The quantitative estimate of drug-likeness (QED) is 0.0403. The van der Waals surface area contributed by atoms with E-state index in [1.54, 1.807) is 54.6 Å². The third kappa shape index (κ3) is 8.52. The molecule has 1 aliphatic heterocycles. The number of halogens is 1. The maximum Gasteiger partial charge on any atom is 0.266 e. The molecule has 4 aromatic rings. The third-order valence-electron chi connectivity index (χ3n) is 7.96. The zero-order valence-corrected chi connectivity index (χ0v) is 26.4. The fraction of sp³-hybridized carbons (Fsp3) is 0.257. The topological polar surface area (TPSA) is 190 Å². The number of ether oxygens (including phenoxy) is 2. The van der Waals surface area contributed by atoms with Crippen molar-refractivity contribution in [1.29, 1.82) is 0 Å². The van der Waals surface area contributed by atoms with Crippen LogP contribution in [0, 0.1) is 5.82 Å². The molecule has 0 bridgehead atoms. The van der Waals surface area contributed by atoms with Crippen molar-refractivity contribution in [2.24, 2.45) is 15.2 Å². The minimum Gasteiger partial charge on any atom is -0.494 e. The van der Waals surface area contributed by atoms with E-state index in [1.807, 2.05) is 30.3 Å². The first-order chi connectivity index (χ1) is 24.0. The first kappa shape index (κ1) is 34.4. The largest absolute Gasteiger partial charge is 0.494 e. The average molecular weight is 664 g/mol. The number of carbonyl (C=O) groups excluding carboxylic acids is 1. The highest BCUT2D eigenvalue weighted by Crippen LogP contribution is 2.44. The number of hydrogen-bond donors (Lipinski definition) is 3. The van der Waals surface area contributed by atoms with Crippen LogP contribution in [0.25, 0.3) is 20.9 Å². The Kier molecular flexibility index (Phi) is 11.8. The van der Waals surface area contributed by atoms with Gasteiger partial charge in [0.25, 0.3) is 5.91 Å². The standard InChI is InChI=1S/C35H34FN9O4/c36-29-14-10-24(11-15-29)21-39-43-34(47)35(20-26-6-1-2-7-27(26)22-40-44-37)32(31-9-4-3-8-28(31)23-41-45-38)49-33(42-35)25-12-16-30(17-13-25)48-19-5-18-46/h1-4,6-17,32,39,46H,5,18-23H2,(H,43,47)/t32-,35-/m0/s1. The van der Waals surface area contributed by atoms with Gasteiger partial charge in [0.05, 0.1) is 19.7 Å². The summed E-state index contributed by atoms with van der Waals surface area (Å²) in [6, 6.07) is 27.5. The number of hydrogen-bond acceptors (Lipinski definition) is 8. The highest BCUT2D eigenvalue weighted by Gasteiger charge is 2.54. The van der Waals surface area contributed by atoms with Crippen molar-refractivity contribution >= 4 is 11.8 Å². The Morgan fingerprint density at radius 3 is 2.27 bits per heavy atom. The summed E-state index contributed by atoms with van der Waals surface area (Å²) in [4.78, 5) is 25.5. The molecule has 5 rings (SSSR count). The Hall–Kier alpha value is -5.91. The maximum atomic E-state index is 14.6. The molecule has 1 aliphatic rings. The molecule has 1 heterocycles. The summed E-state index contributed by atoms with van der Waals surface area (Å²) in [6.07, 6.45) is -0.462. The molecule has 3 N–H and O–H groups in total. The van der Waals surface area contributed by atoms with Crippen molar-refractivity contribution in [3.05, 3.63) is 157 Å². The van der Waals surface area contributed by atoms with Crippen LogP contribution in [0.3, 0.4) is 0 Å². The zero-order chi connectivity index (χ0) is 34.5. The van der Waals surface area contributed by atoms with E-state index in [4.69, 9.17) is 30.6 Å². The fourth-order valence-corrected chi connectivity index (χ4v) is 5.52. The van der Waals surface area contributed by atoms with Crippen LogP contribution in [0.4, 0.5) is 4.39 Å². The van der Waals surface area contributed by atoms with Crippen LogP contribution in [-0.4, -0.2) is 35.7 Å². The van der Waals surface area contributed by atoms with Crippen LogP contribution >= 0.6 is 0 Å².